The number of benzene rings is 3. The van der Waals surface area contributed by atoms with Crippen LogP contribution in [0.5, 0.6) is 23.0 Å². The van der Waals surface area contributed by atoms with Gasteiger partial charge >= 0.3 is 30.1 Å². The highest BCUT2D eigenvalue weighted by molar-refractivity contribution is 5.92. The zero-order valence-electron chi connectivity index (χ0n) is 28.6. The molecule has 0 bridgehead atoms. The summed E-state index contributed by atoms with van der Waals surface area (Å²) >= 11 is 0. The SMILES string of the molecule is C=CC(=O)OCCCCCCOc1ccc(C(=O)Oc2ccc(OC(=O)c3ccc(OCCCCCCOC(=O)C=C)cc3)c(C(F)(F)F)c2)cc1. The first-order valence-corrected chi connectivity index (χ1v) is 16.7. The molecule has 13 heteroatoms. The molecule has 0 amide bonds. The van der Waals surface area contributed by atoms with Gasteiger partial charge in [-0.25, -0.2) is 19.2 Å². The second-order valence-corrected chi connectivity index (χ2v) is 11.3. The molecular weight excluding hydrogens is 685 g/mol. The number of rotatable bonds is 22. The van der Waals surface area contributed by atoms with Crippen LogP contribution in [0.25, 0.3) is 0 Å². The smallest absolute Gasteiger partial charge is 0.420 e. The molecule has 52 heavy (non-hydrogen) atoms. The lowest BCUT2D eigenvalue weighted by molar-refractivity contribution is -0.139. The Balaban J connectivity index is 1.46. The number of hydrogen-bond acceptors (Lipinski definition) is 10. The summed E-state index contributed by atoms with van der Waals surface area (Å²) in [6, 6.07) is 14.3. The van der Waals surface area contributed by atoms with Crippen LogP contribution in [0.1, 0.15) is 77.6 Å². The van der Waals surface area contributed by atoms with E-state index in [9.17, 15) is 32.3 Å². The Kier molecular flexibility index (Phi) is 17.0. The molecule has 0 heterocycles. The van der Waals surface area contributed by atoms with Gasteiger partial charge in [0, 0.05) is 12.2 Å². The lowest BCUT2D eigenvalue weighted by Crippen LogP contribution is -2.15. The Hall–Kier alpha value is -5.59. The van der Waals surface area contributed by atoms with Gasteiger partial charge in [0.1, 0.15) is 28.6 Å². The van der Waals surface area contributed by atoms with E-state index in [0.717, 1.165) is 75.7 Å². The molecule has 0 atom stereocenters. The highest BCUT2D eigenvalue weighted by Crippen LogP contribution is 2.39. The minimum absolute atomic E-state index is 0.00114. The van der Waals surface area contributed by atoms with E-state index < -0.39 is 47.1 Å². The van der Waals surface area contributed by atoms with E-state index in [1.54, 1.807) is 12.1 Å². The van der Waals surface area contributed by atoms with Gasteiger partial charge in [0.15, 0.2) is 0 Å². The van der Waals surface area contributed by atoms with Gasteiger partial charge in [-0.05, 0) is 118 Å². The summed E-state index contributed by atoms with van der Waals surface area (Å²) in [6.45, 7) is 8.14. The van der Waals surface area contributed by atoms with Crippen LogP contribution in [0, 0.1) is 0 Å². The average Bonchev–Trinajstić information content (AvgIpc) is 3.14. The van der Waals surface area contributed by atoms with Crippen molar-refractivity contribution in [3.05, 3.63) is 109 Å². The molecule has 10 nitrogen and oxygen atoms in total. The normalized spacial score (nSPS) is 10.8. The summed E-state index contributed by atoms with van der Waals surface area (Å²) in [4.78, 5) is 47.4. The van der Waals surface area contributed by atoms with E-state index in [1.165, 1.54) is 36.4 Å². The van der Waals surface area contributed by atoms with E-state index in [2.05, 4.69) is 13.2 Å². The van der Waals surface area contributed by atoms with Crippen LogP contribution in [-0.2, 0) is 25.2 Å². The van der Waals surface area contributed by atoms with E-state index in [-0.39, 0.29) is 11.1 Å². The number of esters is 4. The van der Waals surface area contributed by atoms with Crippen molar-refractivity contribution >= 4 is 23.9 Å². The summed E-state index contributed by atoms with van der Waals surface area (Å²) < 4.78 is 73.3. The fraction of sp³-hybridized carbons (Fsp3) is 0.333. The van der Waals surface area contributed by atoms with Gasteiger partial charge < -0.3 is 28.4 Å². The summed E-state index contributed by atoms with van der Waals surface area (Å²) in [6.07, 6.45) is 3.65. The molecule has 0 N–H and O–H groups in total. The van der Waals surface area contributed by atoms with Crippen molar-refractivity contribution in [3.63, 3.8) is 0 Å². The van der Waals surface area contributed by atoms with Crippen molar-refractivity contribution in [2.45, 2.75) is 57.5 Å². The first-order chi connectivity index (χ1) is 25.0. The van der Waals surface area contributed by atoms with E-state index in [4.69, 9.17) is 28.4 Å². The Labute approximate surface area is 300 Å². The van der Waals surface area contributed by atoms with E-state index in [1.807, 2.05) is 0 Å². The van der Waals surface area contributed by atoms with Crippen molar-refractivity contribution in [1.82, 2.24) is 0 Å². The lowest BCUT2D eigenvalue weighted by Gasteiger charge is -2.15. The molecule has 0 aromatic heterocycles. The maximum absolute atomic E-state index is 14.0. The average molecular weight is 727 g/mol. The second-order valence-electron chi connectivity index (χ2n) is 11.3. The highest BCUT2D eigenvalue weighted by Gasteiger charge is 2.36. The number of carbonyl (C=O) groups excluding carboxylic acids is 4. The van der Waals surface area contributed by atoms with Gasteiger partial charge in [-0.1, -0.05) is 13.2 Å². The zero-order valence-corrected chi connectivity index (χ0v) is 28.6. The molecule has 0 saturated heterocycles. The molecule has 0 spiro atoms. The molecule has 0 aliphatic carbocycles. The zero-order chi connectivity index (χ0) is 37.8. The summed E-state index contributed by atoms with van der Waals surface area (Å²) in [5, 5.41) is 0. The maximum atomic E-state index is 14.0. The number of alkyl halides is 3. The Morgan fingerprint density at radius 2 is 0.942 bits per heavy atom. The molecule has 3 aromatic rings. The molecule has 0 saturated carbocycles. The summed E-state index contributed by atoms with van der Waals surface area (Å²) in [5.41, 5.74) is -1.21. The third-order valence-corrected chi connectivity index (χ3v) is 7.29. The molecular formula is C39H41F3O10. The fourth-order valence-corrected chi connectivity index (χ4v) is 4.54. The molecule has 0 aliphatic rings. The second kappa shape index (κ2) is 21.6. The molecule has 0 radical (unpaired) electrons. The molecule has 0 fully saturated rings. The fourth-order valence-electron chi connectivity index (χ4n) is 4.54. The third-order valence-electron chi connectivity index (χ3n) is 7.29. The van der Waals surface area contributed by atoms with Gasteiger partial charge in [-0.3, -0.25) is 0 Å². The topological polar surface area (TPSA) is 124 Å². The predicted molar refractivity (Wildman–Crippen MR) is 184 cm³/mol. The Morgan fingerprint density at radius 1 is 0.538 bits per heavy atom. The van der Waals surface area contributed by atoms with Gasteiger partial charge in [0.25, 0.3) is 0 Å². The molecule has 0 unspecified atom stereocenters. The number of unbranched alkanes of at least 4 members (excludes halogenated alkanes) is 6. The lowest BCUT2D eigenvalue weighted by atomic mass is 10.1. The third kappa shape index (κ3) is 14.7. The number of carbonyl (C=O) groups is 4. The minimum atomic E-state index is -4.93. The maximum Gasteiger partial charge on any atom is 0.420 e. The summed E-state index contributed by atoms with van der Waals surface area (Å²) in [5.74, 6) is -3.01. The van der Waals surface area contributed by atoms with Crippen molar-refractivity contribution in [3.8, 4) is 23.0 Å². The van der Waals surface area contributed by atoms with E-state index in [0.29, 0.717) is 44.0 Å². The van der Waals surface area contributed by atoms with Crippen LogP contribution in [0.4, 0.5) is 13.2 Å². The first kappa shape index (κ1) is 40.8. The minimum Gasteiger partial charge on any atom is -0.494 e. The van der Waals surface area contributed by atoms with Crippen LogP contribution < -0.4 is 18.9 Å². The monoisotopic (exact) mass is 726 g/mol. The quantitative estimate of drug-likeness (QED) is 0.0431. The van der Waals surface area contributed by atoms with Crippen molar-refractivity contribution < 1.29 is 60.8 Å². The van der Waals surface area contributed by atoms with Gasteiger partial charge in [-0.2, -0.15) is 13.2 Å². The predicted octanol–water partition coefficient (Wildman–Crippen LogP) is 8.48. The first-order valence-electron chi connectivity index (χ1n) is 16.7. The van der Waals surface area contributed by atoms with Gasteiger partial charge in [-0.15, -0.1) is 0 Å². The van der Waals surface area contributed by atoms with Crippen LogP contribution in [0.2, 0.25) is 0 Å². The highest BCUT2D eigenvalue weighted by atomic mass is 19.4. The number of halogens is 3. The van der Waals surface area contributed by atoms with Gasteiger partial charge in [0.2, 0.25) is 0 Å². The van der Waals surface area contributed by atoms with Crippen LogP contribution in [-0.4, -0.2) is 50.3 Å². The summed E-state index contributed by atoms with van der Waals surface area (Å²) in [7, 11) is 0. The molecule has 0 aliphatic heterocycles. The number of hydrogen-bond donors (Lipinski definition) is 0. The molecule has 278 valence electrons. The Bertz CT molecular complexity index is 1630. The van der Waals surface area contributed by atoms with Crippen LogP contribution >= 0.6 is 0 Å². The van der Waals surface area contributed by atoms with Crippen molar-refractivity contribution in [2.24, 2.45) is 0 Å². The largest absolute Gasteiger partial charge is 0.494 e. The van der Waals surface area contributed by atoms with Gasteiger partial charge in [0.05, 0.1) is 37.6 Å². The molecule has 3 aromatic carbocycles. The Morgan fingerprint density at radius 3 is 1.37 bits per heavy atom. The molecule has 3 rings (SSSR count). The standard InChI is InChI=1S/C39H41F3O10/c1-3-35(43)49-25-11-7-5-9-23-47-30-17-13-28(14-18-30)37(45)51-32-21-22-34(33(27-32)39(40,41)42)52-38(46)29-15-19-31(20-16-29)48-24-10-6-8-12-26-50-36(44)4-2/h3-4,13-22,27H,1-2,5-12,23-26H2. The number of ether oxygens (including phenoxy) is 6. The van der Waals surface area contributed by atoms with E-state index >= 15 is 0 Å². The van der Waals surface area contributed by atoms with Crippen molar-refractivity contribution in [1.29, 1.82) is 0 Å². The van der Waals surface area contributed by atoms with Crippen LogP contribution in [0.15, 0.2) is 92.0 Å². The van der Waals surface area contributed by atoms with Crippen molar-refractivity contribution in [2.75, 3.05) is 26.4 Å². The van der Waals surface area contributed by atoms with Crippen LogP contribution in [0.3, 0.4) is 0 Å².